The van der Waals surface area contributed by atoms with Gasteiger partial charge in [-0.2, -0.15) is 0 Å². The summed E-state index contributed by atoms with van der Waals surface area (Å²) in [5.41, 5.74) is 6.90. The van der Waals surface area contributed by atoms with Gasteiger partial charge in [0, 0.05) is 44.8 Å². The summed E-state index contributed by atoms with van der Waals surface area (Å²) >= 11 is 6.43. The average Bonchev–Trinajstić information content (AvgIpc) is 2.90. The molecule has 1 unspecified atom stereocenters. The third kappa shape index (κ3) is 6.40. The van der Waals surface area contributed by atoms with Gasteiger partial charge in [-0.05, 0) is 50.0 Å². The SMILES string of the molecule is CCC1CN(c2nc(N)c(C(=O)NCCO)nc2Cl)CCN1C1CCN(Cc2ccc(F)c(O)c2)CC1. The van der Waals surface area contributed by atoms with Crippen molar-refractivity contribution in [3.8, 4) is 5.75 Å². The maximum absolute atomic E-state index is 13.4. The van der Waals surface area contributed by atoms with Crippen LogP contribution in [0.15, 0.2) is 18.2 Å². The van der Waals surface area contributed by atoms with E-state index in [2.05, 4.69) is 36.9 Å². The number of halogens is 2. The zero-order chi connectivity index (χ0) is 26.5. The molecule has 5 N–H and O–H groups in total. The van der Waals surface area contributed by atoms with E-state index in [0.29, 0.717) is 24.4 Å². The molecule has 2 aromatic rings. The van der Waals surface area contributed by atoms with Crippen LogP contribution in [-0.4, -0.2) is 93.8 Å². The highest BCUT2D eigenvalue weighted by molar-refractivity contribution is 6.32. The molecule has 1 amide bonds. The summed E-state index contributed by atoms with van der Waals surface area (Å²) in [5, 5.41) is 21.2. The van der Waals surface area contributed by atoms with Gasteiger partial charge in [-0.25, -0.2) is 14.4 Å². The molecule has 2 fully saturated rings. The Kier molecular flexibility index (Phi) is 9.01. The fourth-order valence-corrected chi connectivity index (χ4v) is 5.52. The highest BCUT2D eigenvalue weighted by atomic mass is 35.5. The van der Waals surface area contributed by atoms with Crippen molar-refractivity contribution in [2.45, 2.75) is 44.8 Å². The Balaban J connectivity index is 1.35. The van der Waals surface area contributed by atoms with Gasteiger partial charge in [-0.15, -0.1) is 0 Å². The molecule has 2 aliphatic heterocycles. The minimum atomic E-state index is -0.596. The number of nitrogen functional groups attached to an aromatic ring is 1. The molecule has 4 rings (SSSR count). The van der Waals surface area contributed by atoms with Crippen LogP contribution in [0.2, 0.25) is 5.15 Å². The summed E-state index contributed by atoms with van der Waals surface area (Å²) < 4.78 is 13.4. The molecule has 1 aromatic heterocycles. The molecule has 0 aliphatic carbocycles. The van der Waals surface area contributed by atoms with E-state index in [9.17, 15) is 14.3 Å². The number of carbonyl (C=O) groups excluding carboxylic acids is 1. The molecule has 0 saturated carbocycles. The molecule has 10 nitrogen and oxygen atoms in total. The summed E-state index contributed by atoms with van der Waals surface area (Å²) in [5.74, 6) is -0.935. The summed E-state index contributed by atoms with van der Waals surface area (Å²) in [6.45, 7) is 6.95. The molecule has 0 bridgehead atoms. The normalized spacial score (nSPS) is 19.8. The summed E-state index contributed by atoms with van der Waals surface area (Å²) in [7, 11) is 0. The third-order valence-electron chi connectivity index (χ3n) is 7.22. The van der Waals surface area contributed by atoms with E-state index in [0.717, 1.165) is 57.5 Å². The Morgan fingerprint density at radius 3 is 2.68 bits per heavy atom. The number of nitrogens with two attached hydrogens (primary N) is 1. The van der Waals surface area contributed by atoms with E-state index in [1.807, 2.05) is 0 Å². The van der Waals surface area contributed by atoms with Crippen molar-refractivity contribution in [3.05, 3.63) is 40.4 Å². The topological polar surface area (TPSA) is 131 Å². The van der Waals surface area contributed by atoms with Gasteiger partial charge in [0.1, 0.15) is 0 Å². The lowest BCUT2D eigenvalue weighted by atomic mass is 9.98. The first kappa shape index (κ1) is 27.3. The number of aliphatic hydroxyl groups is 1. The zero-order valence-corrected chi connectivity index (χ0v) is 21.8. The maximum atomic E-state index is 13.4. The number of hydrogen-bond donors (Lipinski definition) is 4. The van der Waals surface area contributed by atoms with Gasteiger partial charge < -0.3 is 26.2 Å². The van der Waals surface area contributed by atoms with Crippen LogP contribution in [0.4, 0.5) is 16.0 Å². The second-order valence-electron chi connectivity index (χ2n) is 9.59. The summed E-state index contributed by atoms with van der Waals surface area (Å²) in [6, 6.07) is 5.32. The standard InChI is InChI=1S/C25H35ClFN7O3/c1-2-17-15-33(24-22(26)30-21(23(28)31-24)25(37)29-7-12-35)10-11-34(17)18-5-8-32(9-6-18)14-16-3-4-19(27)20(36)13-16/h3-4,13,17-18,35-36H,2,5-12,14-15H2,1H3,(H2,28,31)(H,29,37). The average molecular weight is 536 g/mol. The number of amides is 1. The van der Waals surface area contributed by atoms with Crippen LogP contribution in [0.5, 0.6) is 5.75 Å². The molecule has 12 heteroatoms. The van der Waals surface area contributed by atoms with Gasteiger partial charge in [0.05, 0.1) is 6.61 Å². The fraction of sp³-hybridized carbons (Fsp3) is 0.560. The van der Waals surface area contributed by atoms with E-state index in [4.69, 9.17) is 22.4 Å². The quantitative estimate of drug-likeness (QED) is 0.400. The van der Waals surface area contributed by atoms with Crippen molar-refractivity contribution in [2.75, 3.05) is 56.5 Å². The second kappa shape index (κ2) is 12.2. The van der Waals surface area contributed by atoms with Crippen molar-refractivity contribution < 1.29 is 19.4 Å². The van der Waals surface area contributed by atoms with Crippen molar-refractivity contribution in [2.24, 2.45) is 0 Å². The number of aromatic hydroxyl groups is 1. The first-order valence-corrected chi connectivity index (χ1v) is 13.1. The Hall–Kier alpha value is -2.73. The molecule has 0 spiro atoms. The Labute approximate surface area is 221 Å². The van der Waals surface area contributed by atoms with Crippen LogP contribution in [0.3, 0.4) is 0 Å². The van der Waals surface area contributed by atoms with Gasteiger partial charge in [0.2, 0.25) is 0 Å². The van der Waals surface area contributed by atoms with E-state index in [1.54, 1.807) is 6.07 Å². The summed E-state index contributed by atoms with van der Waals surface area (Å²) in [4.78, 5) is 27.8. The molecule has 202 valence electrons. The van der Waals surface area contributed by atoms with Crippen molar-refractivity contribution in [1.82, 2.24) is 25.1 Å². The number of nitrogens with one attached hydrogen (secondary N) is 1. The van der Waals surface area contributed by atoms with Gasteiger partial charge in [-0.1, -0.05) is 24.6 Å². The smallest absolute Gasteiger partial charge is 0.273 e. The number of phenolic OH excluding ortho intramolecular Hbond substituents is 1. The number of anilines is 2. The van der Waals surface area contributed by atoms with E-state index in [-0.39, 0.29) is 35.6 Å². The highest BCUT2D eigenvalue weighted by Crippen LogP contribution is 2.30. The van der Waals surface area contributed by atoms with Gasteiger partial charge in [0.25, 0.3) is 5.91 Å². The van der Waals surface area contributed by atoms with Crippen LogP contribution in [0.1, 0.15) is 42.2 Å². The molecule has 2 aliphatic rings. The van der Waals surface area contributed by atoms with Gasteiger partial charge >= 0.3 is 0 Å². The second-order valence-corrected chi connectivity index (χ2v) is 9.95. The van der Waals surface area contributed by atoms with Gasteiger partial charge in [0.15, 0.2) is 34.0 Å². The fourth-order valence-electron chi connectivity index (χ4n) is 5.27. The maximum Gasteiger partial charge on any atom is 0.273 e. The number of hydrogen-bond acceptors (Lipinski definition) is 9. The molecule has 0 radical (unpaired) electrons. The number of nitrogens with zero attached hydrogens (tertiary/aromatic N) is 5. The molecule has 1 aromatic carbocycles. The first-order chi connectivity index (χ1) is 17.8. The van der Waals surface area contributed by atoms with Crippen LogP contribution in [0, 0.1) is 5.82 Å². The lowest BCUT2D eigenvalue weighted by Gasteiger charge is -2.47. The number of aliphatic hydroxyl groups excluding tert-OH is 1. The van der Waals surface area contributed by atoms with Crippen LogP contribution < -0.4 is 16.0 Å². The lowest BCUT2D eigenvalue weighted by molar-refractivity contribution is 0.0610. The number of piperidine rings is 1. The Morgan fingerprint density at radius 2 is 2.00 bits per heavy atom. The summed E-state index contributed by atoms with van der Waals surface area (Å²) in [6.07, 6.45) is 3.04. The Morgan fingerprint density at radius 1 is 1.24 bits per heavy atom. The van der Waals surface area contributed by atoms with E-state index < -0.39 is 11.7 Å². The monoisotopic (exact) mass is 535 g/mol. The van der Waals surface area contributed by atoms with Crippen LogP contribution in [0.25, 0.3) is 0 Å². The van der Waals surface area contributed by atoms with Crippen molar-refractivity contribution >= 4 is 29.1 Å². The first-order valence-electron chi connectivity index (χ1n) is 12.7. The third-order valence-corrected chi connectivity index (χ3v) is 7.47. The van der Waals surface area contributed by atoms with Gasteiger partial charge in [-0.3, -0.25) is 14.6 Å². The minimum absolute atomic E-state index is 0.00663. The number of rotatable bonds is 8. The number of carbonyl (C=O) groups is 1. The Bertz CT molecular complexity index is 1100. The number of phenols is 1. The van der Waals surface area contributed by atoms with E-state index >= 15 is 0 Å². The van der Waals surface area contributed by atoms with E-state index in [1.165, 1.54) is 12.1 Å². The zero-order valence-electron chi connectivity index (χ0n) is 21.0. The predicted octanol–water partition coefficient (Wildman–Crippen LogP) is 1.84. The predicted molar refractivity (Wildman–Crippen MR) is 140 cm³/mol. The minimum Gasteiger partial charge on any atom is -0.505 e. The number of benzene rings is 1. The number of aromatic nitrogens is 2. The molecule has 1 atom stereocenters. The van der Waals surface area contributed by atoms with Crippen molar-refractivity contribution in [1.29, 1.82) is 0 Å². The molecule has 2 saturated heterocycles. The number of piperazine rings is 1. The lowest BCUT2D eigenvalue weighted by Crippen LogP contribution is -2.58. The molecule has 3 heterocycles. The largest absolute Gasteiger partial charge is 0.505 e. The van der Waals surface area contributed by atoms with Crippen molar-refractivity contribution in [3.63, 3.8) is 0 Å². The van der Waals surface area contributed by atoms with Crippen LogP contribution in [-0.2, 0) is 6.54 Å². The molecule has 37 heavy (non-hydrogen) atoms. The number of likely N-dealkylation sites (tertiary alicyclic amines) is 1. The molecular formula is C25H35ClFN7O3. The van der Waals surface area contributed by atoms with Crippen LogP contribution >= 0.6 is 11.6 Å². The highest BCUT2D eigenvalue weighted by Gasteiger charge is 2.34. The molecular weight excluding hydrogens is 501 g/mol.